The molecule has 35 heavy (non-hydrogen) atoms. The van der Waals surface area contributed by atoms with Crippen LogP contribution in [0.15, 0.2) is 56.8 Å². The third kappa shape index (κ3) is 5.32. The molecular formula is C26H27FN4O3S. The van der Waals surface area contributed by atoms with Crippen LogP contribution in [0.25, 0.3) is 22.4 Å². The molecule has 1 fully saturated rings. The van der Waals surface area contributed by atoms with Gasteiger partial charge in [-0.25, -0.2) is 9.18 Å². The first kappa shape index (κ1) is 23.7. The summed E-state index contributed by atoms with van der Waals surface area (Å²) in [5.74, 6) is 0.955. The van der Waals surface area contributed by atoms with E-state index in [4.69, 9.17) is 9.15 Å². The maximum Gasteiger partial charge on any atom is 0.336 e. The molecule has 0 bridgehead atoms. The lowest BCUT2D eigenvalue weighted by molar-refractivity contribution is 0.0361. The van der Waals surface area contributed by atoms with Gasteiger partial charge in [0.25, 0.3) is 0 Å². The molecule has 4 aromatic rings. The average Bonchev–Trinajstić information content (AvgIpc) is 3.26. The largest absolute Gasteiger partial charge is 0.423 e. The fourth-order valence-electron chi connectivity index (χ4n) is 4.22. The molecule has 5 rings (SSSR count). The summed E-state index contributed by atoms with van der Waals surface area (Å²) in [5.41, 5.74) is 4.16. The van der Waals surface area contributed by atoms with E-state index in [1.165, 1.54) is 23.9 Å². The quantitative estimate of drug-likeness (QED) is 0.278. The van der Waals surface area contributed by atoms with E-state index in [0.717, 1.165) is 65.6 Å². The van der Waals surface area contributed by atoms with Gasteiger partial charge in [0.05, 0.1) is 13.2 Å². The van der Waals surface area contributed by atoms with Crippen molar-refractivity contribution in [2.45, 2.75) is 31.3 Å². The van der Waals surface area contributed by atoms with Crippen LogP contribution in [0.4, 0.5) is 4.39 Å². The molecule has 0 spiro atoms. The lowest BCUT2D eigenvalue weighted by Crippen LogP contribution is -2.38. The van der Waals surface area contributed by atoms with Gasteiger partial charge in [0.1, 0.15) is 11.4 Å². The number of nitrogens with zero attached hydrogens (tertiary/aromatic N) is 4. The highest BCUT2D eigenvalue weighted by Crippen LogP contribution is 2.30. The standard InChI is InChI=1S/C26H27FN4O3S/c1-17-13-22-20(15-24(32)34-23(22)14-18(17)2)16-35-26-29-28-25(19-3-5-21(27)6-4-19)31(26)8-7-30-9-11-33-12-10-30/h3-6,13-15H,7-12,16H2,1-2H3. The van der Waals surface area contributed by atoms with Gasteiger partial charge in [0.15, 0.2) is 11.0 Å². The second-order valence-corrected chi connectivity index (χ2v) is 9.67. The molecule has 7 nitrogen and oxygen atoms in total. The highest BCUT2D eigenvalue weighted by molar-refractivity contribution is 7.98. The van der Waals surface area contributed by atoms with Gasteiger partial charge in [-0.05, 0) is 66.9 Å². The van der Waals surface area contributed by atoms with Crippen molar-refractivity contribution in [3.05, 3.63) is 75.4 Å². The molecule has 1 aliphatic rings. The molecule has 2 aromatic heterocycles. The number of morpholine rings is 1. The Morgan fingerprint density at radius 2 is 1.74 bits per heavy atom. The van der Waals surface area contributed by atoms with Gasteiger partial charge in [-0.15, -0.1) is 10.2 Å². The van der Waals surface area contributed by atoms with E-state index in [1.807, 2.05) is 19.9 Å². The number of aromatic nitrogens is 3. The second kappa shape index (κ2) is 10.3. The molecule has 0 saturated carbocycles. The summed E-state index contributed by atoms with van der Waals surface area (Å²) in [5, 5.41) is 10.6. The predicted octanol–water partition coefficient (Wildman–Crippen LogP) is 4.43. The number of benzene rings is 2. The minimum absolute atomic E-state index is 0.289. The van der Waals surface area contributed by atoms with Gasteiger partial charge in [-0.3, -0.25) is 4.90 Å². The van der Waals surface area contributed by atoms with Crippen LogP contribution < -0.4 is 5.63 Å². The number of aryl methyl sites for hydroxylation is 2. The van der Waals surface area contributed by atoms with Gasteiger partial charge in [0, 0.05) is 48.9 Å². The van der Waals surface area contributed by atoms with E-state index in [9.17, 15) is 9.18 Å². The molecule has 2 aromatic carbocycles. The summed E-state index contributed by atoms with van der Waals surface area (Å²) < 4.78 is 26.5. The van der Waals surface area contributed by atoms with Crippen molar-refractivity contribution in [2.24, 2.45) is 0 Å². The minimum atomic E-state index is -0.364. The van der Waals surface area contributed by atoms with E-state index in [0.29, 0.717) is 23.7 Å². The van der Waals surface area contributed by atoms with Crippen LogP contribution in [-0.4, -0.2) is 52.5 Å². The monoisotopic (exact) mass is 494 g/mol. The van der Waals surface area contributed by atoms with E-state index in [-0.39, 0.29) is 11.4 Å². The van der Waals surface area contributed by atoms with Gasteiger partial charge in [0.2, 0.25) is 0 Å². The van der Waals surface area contributed by atoms with Crippen molar-refractivity contribution in [2.75, 3.05) is 32.8 Å². The van der Waals surface area contributed by atoms with Crippen LogP contribution in [0.1, 0.15) is 16.7 Å². The molecule has 1 aliphatic heterocycles. The predicted molar refractivity (Wildman–Crippen MR) is 134 cm³/mol. The third-order valence-corrected chi connectivity index (χ3v) is 7.38. The Kier molecular flexibility index (Phi) is 6.99. The normalized spacial score (nSPS) is 14.6. The molecule has 1 saturated heterocycles. The van der Waals surface area contributed by atoms with E-state index in [1.54, 1.807) is 18.2 Å². The smallest absolute Gasteiger partial charge is 0.336 e. The van der Waals surface area contributed by atoms with Gasteiger partial charge in [-0.1, -0.05) is 11.8 Å². The van der Waals surface area contributed by atoms with Crippen LogP contribution in [0.5, 0.6) is 0 Å². The Bertz CT molecular complexity index is 1390. The van der Waals surface area contributed by atoms with Crippen LogP contribution in [0.2, 0.25) is 0 Å². The number of ether oxygens (including phenoxy) is 1. The Labute approximate surface area is 206 Å². The van der Waals surface area contributed by atoms with Crippen molar-refractivity contribution >= 4 is 22.7 Å². The highest BCUT2D eigenvalue weighted by atomic mass is 32.2. The molecule has 0 radical (unpaired) electrons. The van der Waals surface area contributed by atoms with E-state index >= 15 is 0 Å². The first-order valence-corrected chi connectivity index (χ1v) is 12.6. The number of hydrogen-bond acceptors (Lipinski definition) is 7. The average molecular weight is 495 g/mol. The van der Waals surface area contributed by atoms with Crippen LogP contribution in [-0.2, 0) is 17.0 Å². The minimum Gasteiger partial charge on any atom is -0.423 e. The zero-order chi connectivity index (χ0) is 24.4. The molecule has 3 heterocycles. The molecule has 0 N–H and O–H groups in total. The maximum absolute atomic E-state index is 13.5. The molecule has 0 aliphatic carbocycles. The zero-order valence-corrected chi connectivity index (χ0v) is 20.6. The van der Waals surface area contributed by atoms with Gasteiger partial charge in [-0.2, -0.15) is 0 Å². The number of thioether (sulfide) groups is 1. The number of fused-ring (bicyclic) bond motifs is 1. The van der Waals surface area contributed by atoms with Gasteiger partial charge >= 0.3 is 5.63 Å². The number of rotatable bonds is 7. The summed E-state index contributed by atoms with van der Waals surface area (Å²) in [7, 11) is 0. The Morgan fingerprint density at radius 1 is 1.00 bits per heavy atom. The van der Waals surface area contributed by atoms with Crippen LogP contribution in [0.3, 0.4) is 0 Å². The Morgan fingerprint density at radius 3 is 2.51 bits per heavy atom. The van der Waals surface area contributed by atoms with E-state index < -0.39 is 0 Å². The van der Waals surface area contributed by atoms with Crippen molar-refractivity contribution in [3.63, 3.8) is 0 Å². The molecule has 0 amide bonds. The molecule has 182 valence electrons. The SMILES string of the molecule is Cc1cc2oc(=O)cc(CSc3nnc(-c4ccc(F)cc4)n3CCN3CCOCC3)c2cc1C. The molecule has 9 heteroatoms. The van der Waals surface area contributed by atoms with Crippen molar-refractivity contribution in [1.29, 1.82) is 0 Å². The summed E-state index contributed by atoms with van der Waals surface area (Å²) in [6.45, 7) is 8.83. The molecule has 0 atom stereocenters. The highest BCUT2D eigenvalue weighted by Gasteiger charge is 2.18. The summed E-state index contributed by atoms with van der Waals surface area (Å²) >= 11 is 1.53. The van der Waals surface area contributed by atoms with Crippen molar-refractivity contribution in [3.8, 4) is 11.4 Å². The summed E-state index contributed by atoms with van der Waals surface area (Å²) in [6.07, 6.45) is 0. The second-order valence-electron chi connectivity index (χ2n) is 8.73. The lowest BCUT2D eigenvalue weighted by atomic mass is 10.0. The Balaban J connectivity index is 1.44. The van der Waals surface area contributed by atoms with Crippen LogP contribution >= 0.6 is 11.8 Å². The first-order valence-electron chi connectivity index (χ1n) is 11.6. The van der Waals surface area contributed by atoms with Gasteiger partial charge < -0.3 is 13.7 Å². The fourth-order valence-corrected chi connectivity index (χ4v) is 5.18. The zero-order valence-electron chi connectivity index (χ0n) is 19.8. The maximum atomic E-state index is 13.5. The number of halogens is 1. The third-order valence-electron chi connectivity index (χ3n) is 6.36. The van der Waals surface area contributed by atoms with Crippen molar-refractivity contribution < 1.29 is 13.5 Å². The van der Waals surface area contributed by atoms with Crippen molar-refractivity contribution in [1.82, 2.24) is 19.7 Å². The lowest BCUT2D eigenvalue weighted by Gasteiger charge is -2.27. The topological polar surface area (TPSA) is 73.4 Å². The van der Waals surface area contributed by atoms with E-state index in [2.05, 4.69) is 25.7 Å². The summed E-state index contributed by atoms with van der Waals surface area (Å²) in [4.78, 5) is 14.6. The molecular weight excluding hydrogens is 467 g/mol. The summed E-state index contributed by atoms with van der Waals surface area (Å²) in [6, 6.07) is 11.8. The first-order chi connectivity index (χ1) is 17.0. The molecule has 0 unspecified atom stereocenters. The fraction of sp³-hybridized carbons (Fsp3) is 0.346. The van der Waals surface area contributed by atoms with Crippen LogP contribution in [0, 0.1) is 19.7 Å². The Hall–Kier alpha value is -3.01. The number of hydrogen-bond donors (Lipinski definition) is 0.